The lowest BCUT2D eigenvalue weighted by Gasteiger charge is -2.22. The Morgan fingerprint density at radius 1 is 1.20 bits per heavy atom. The van der Waals surface area contributed by atoms with Gasteiger partial charge in [0.25, 0.3) is 5.91 Å². The van der Waals surface area contributed by atoms with Gasteiger partial charge in [-0.05, 0) is 37.5 Å². The van der Waals surface area contributed by atoms with Gasteiger partial charge in [0.05, 0.1) is 27.3 Å². The molecule has 30 heavy (non-hydrogen) atoms. The molecule has 2 aromatic carbocycles. The number of anilines is 2. The largest absolute Gasteiger partial charge is 0.349 e. The Labute approximate surface area is 178 Å². The summed E-state index contributed by atoms with van der Waals surface area (Å²) in [4.78, 5) is 17.0. The molecule has 8 heteroatoms. The first-order valence-electron chi connectivity index (χ1n) is 10.0. The zero-order valence-corrected chi connectivity index (χ0v) is 17.6. The number of hydrogen-bond acceptors (Lipinski definition) is 3. The zero-order valence-electron chi connectivity index (χ0n) is 16.9. The van der Waals surface area contributed by atoms with Crippen molar-refractivity contribution < 1.29 is 13.6 Å². The maximum absolute atomic E-state index is 14.7. The summed E-state index contributed by atoms with van der Waals surface area (Å²) in [5.41, 5.74) is 1.41. The highest BCUT2D eigenvalue weighted by molar-refractivity contribution is 6.33. The Balaban J connectivity index is 1.65. The lowest BCUT2D eigenvalue weighted by Crippen LogP contribution is -2.36. The molecule has 0 bridgehead atoms. The van der Waals surface area contributed by atoms with Crippen LogP contribution in [0.15, 0.2) is 24.3 Å². The third kappa shape index (κ3) is 3.86. The normalized spacial score (nSPS) is 14.8. The van der Waals surface area contributed by atoms with Crippen LogP contribution in [0.4, 0.5) is 20.4 Å². The molecule has 2 N–H and O–H groups in total. The predicted octanol–water partition coefficient (Wildman–Crippen LogP) is 5.62. The molecule has 1 saturated carbocycles. The molecule has 1 aliphatic carbocycles. The van der Waals surface area contributed by atoms with Crippen LogP contribution in [0.3, 0.4) is 0 Å². The van der Waals surface area contributed by atoms with E-state index in [0.29, 0.717) is 22.5 Å². The summed E-state index contributed by atoms with van der Waals surface area (Å²) < 4.78 is 30.8. The molecule has 1 amide bonds. The molecule has 0 radical (unpaired) electrons. The van der Waals surface area contributed by atoms with Gasteiger partial charge in [-0.15, -0.1) is 0 Å². The van der Waals surface area contributed by atoms with Gasteiger partial charge >= 0.3 is 0 Å². The molecular weight excluding hydrogens is 410 g/mol. The predicted molar refractivity (Wildman–Crippen MR) is 114 cm³/mol. The van der Waals surface area contributed by atoms with Gasteiger partial charge in [0, 0.05) is 19.2 Å². The topological polar surface area (TPSA) is 59.0 Å². The van der Waals surface area contributed by atoms with E-state index in [-0.39, 0.29) is 22.3 Å². The molecule has 0 saturated heterocycles. The van der Waals surface area contributed by atoms with E-state index in [1.54, 1.807) is 30.7 Å². The number of nitrogens with zero attached hydrogens (tertiary/aromatic N) is 2. The van der Waals surface area contributed by atoms with E-state index in [4.69, 9.17) is 11.6 Å². The first-order valence-corrected chi connectivity index (χ1v) is 10.4. The second-order valence-electron chi connectivity index (χ2n) is 7.80. The number of nitrogens with one attached hydrogen (secondary N) is 2. The van der Waals surface area contributed by atoms with Gasteiger partial charge in [0.15, 0.2) is 5.82 Å². The molecule has 4 rings (SSSR count). The van der Waals surface area contributed by atoms with Crippen LogP contribution in [0.2, 0.25) is 5.02 Å². The molecule has 0 unspecified atom stereocenters. The number of fused-ring (bicyclic) bond motifs is 1. The lowest BCUT2D eigenvalue weighted by molar-refractivity contribution is 0.0924. The van der Waals surface area contributed by atoms with Crippen LogP contribution in [-0.4, -0.2) is 21.5 Å². The highest BCUT2D eigenvalue weighted by atomic mass is 35.5. The van der Waals surface area contributed by atoms with E-state index >= 15 is 0 Å². The van der Waals surface area contributed by atoms with Gasteiger partial charge < -0.3 is 15.2 Å². The Bertz CT molecular complexity index is 1120. The highest BCUT2D eigenvalue weighted by Gasteiger charge is 2.21. The second kappa shape index (κ2) is 8.22. The van der Waals surface area contributed by atoms with Crippen molar-refractivity contribution in [3.05, 3.63) is 52.0 Å². The van der Waals surface area contributed by atoms with E-state index in [1.807, 2.05) is 0 Å². The molecule has 0 atom stereocenters. The number of hydrogen-bond donors (Lipinski definition) is 2. The summed E-state index contributed by atoms with van der Waals surface area (Å²) in [5, 5.41) is 6.03. The quantitative estimate of drug-likeness (QED) is 0.562. The van der Waals surface area contributed by atoms with Crippen molar-refractivity contribution in [3.8, 4) is 0 Å². The molecule has 158 valence electrons. The number of benzene rings is 2. The Kier molecular flexibility index (Phi) is 5.64. The maximum Gasteiger partial charge on any atom is 0.254 e. The van der Waals surface area contributed by atoms with E-state index in [2.05, 4.69) is 15.6 Å². The van der Waals surface area contributed by atoms with Gasteiger partial charge in [-0.2, -0.15) is 0 Å². The molecule has 1 fully saturated rings. The van der Waals surface area contributed by atoms with Gasteiger partial charge in [-0.3, -0.25) is 4.79 Å². The average molecular weight is 433 g/mol. The number of carbonyl (C=O) groups excluding carboxylic acids is 1. The fourth-order valence-corrected chi connectivity index (χ4v) is 4.08. The van der Waals surface area contributed by atoms with Crippen LogP contribution < -0.4 is 10.6 Å². The highest BCUT2D eigenvalue weighted by Crippen LogP contribution is 2.31. The van der Waals surface area contributed by atoms with Gasteiger partial charge in [-0.25, -0.2) is 13.8 Å². The summed E-state index contributed by atoms with van der Waals surface area (Å²) in [6.45, 7) is 1.64. The summed E-state index contributed by atoms with van der Waals surface area (Å²) in [5.74, 6) is -1.24. The third-order valence-corrected chi connectivity index (χ3v) is 5.99. The number of aryl methyl sites for hydroxylation is 2. The Morgan fingerprint density at radius 3 is 2.67 bits per heavy atom. The second-order valence-corrected chi connectivity index (χ2v) is 8.21. The summed E-state index contributed by atoms with van der Waals surface area (Å²) in [7, 11) is 1.68. The summed E-state index contributed by atoms with van der Waals surface area (Å²) in [6, 6.07) is 5.97. The minimum atomic E-state index is -0.620. The number of rotatable bonds is 4. The minimum absolute atomic E-state index is 0.0440. The first kappa shape index (κ1) is 20.6. The van der Waals surface area contributed by atoms with Crippen LogP contribution in [0, 0.1) is 18.6 Å². The van der Waals surface area contributed by atoms with Crippen molar-refractivity contribution in [2.75, 3.05) is 5.32 Å². The van der Waals surface area contributed by atoms with Gasteiger partial charge in [0.2, 0.25) is 5.95 Å². The van der Waals surface area contributed by atoms with Crippen molar-refractivity contribution in [2.24, 2.45) is 7.05 Å². The van der Waals surface area contributed by atoms with Gasteiger partial charge in [0.1, 0.15) is 5.82 Å². The number of imidazole rings is 1. The standard InChI is InChI=1S/C22H23ClF2N4O/c1-12-8-9-15(23)20(19(12)25)28-22-27-17-10-14(16(24)11-18(17)29(22)2)21(30)26-13-6-4-3-5-7-13/h8-11,13H,3-7H2,1-2H3,(H,26,30)(H,27,28). The van der Waals surface area contributed by atoms with E-state index in [0.717, 1.165) is 25.7 Å². The van der Waals surface area contributed by atoms with Crippen molar-refractivity contribution in [3.63, 3.8) is 0 Å². The van der Waals surface area contributed by atoms with Crippen LogP contribution >= 0.6 is 11.6 Å². The number of aromatic nitrogens is 2. The van der Waals surface area contributed by atoms with E-state index < -0.39 is 17.5 Å². The number of halogens is 3. The third-order valence-electron chi connectivity index (χ3n) is 5.68. The molecule has 0 aliphatic heterocycles. The smallest absolute Gasteiger partial charge is 0.254 e. The Hall–Kier alpha value is -2.67. The number of carbonyl (C=O) groups is 1. The van der Waals surface area contributed by atoms with Crippen LogP contribution in [0.1, 0.15) is 48.0 Å². The van der Waals surface area contributed by atoms with Crippen molar-refractivity contribution >= 4 is 40.2 Å². The Morgan fingerprint density at radius 2 is 1.93 bits per heavy atom. The fraction of sp³-hybridized carbons (Fsp3) is 0.364. The van der Waals surface area contributed by atoms with E-state index in [9.17, 15) is 13.6 Å². The van der Waals surface area contributed by atoms with Crippen molar-refractivity contribution in [2.45, 2.75) is 45.1 Å². The molecule has 0 spiro atoms. The lowest BCUT2D eigenvalue weighted by atomic mass is 9.95. The molecule has 1 aromatic heterocycles. The zero-order chi connectivity index (χ0) is 21.4. The van der Waals surface area contributed by atoms with Crippen molar-refractivity contribution in [1.82, 2.24) is 14.9 Å². The molecular formula is C22H23ClF2N4O. The summed E-state index contributed by atoms with van der Waals surface area (Å²) >= 11 is 6.13. The SMILES string of the molecule is Cc1ccc(Cl)c(Nc2nc3cc(C(=O)NC4CCCCC4)c(F)cc3n2C)c1F. The van der Waals surface area contributed by atoms with Crippen molar-refractivity contribution in [1.29, 1.82) is 0 Å². The minimum Gasteiger partial charge on any atom is -0.349 e. The first-order chi connectivity index (χ1) is 14.3. The van der Waals surface area contributed by atoms with E-state index in [1.165, 1.54) is 18.6 Å². The molecule has 3 aromatic rings. The van der Waals surface area contributed by atoms with Crippen LogP contribution in [0.25, 0.3) is 11.0 Å². The van der Waals surface area contributed by atoms with Crippen LogP contribution in [-0.2, 0) is 7.05 Å². The number of amides is 1. The maximum atomic E-state index is 14.7. The molecule has 1 aliphatic rings. The fourth-order valence-electron chi connectivity index (χ4n) is 3.89. The summed E-state index contributed by atoms with van der Waals surface area (Å²) in [6.07, 6.45) is 5.13. The molecule has 1 heterocycles. The van der Waals surface area contributed by atoms with Crippen LogP contribution in [0.5, 0.6) is 0 Å². The monoisotopic (exact) mass is 432 g/mol. The molecule has 5 nitrogen and oxygen atoms in total. The average Bonchev–Trinajstić information content (AvgIpc) is 3.03. The van der Waals surface area contributed by atoms with Gasteiger partial charge in [-0.1, -0.05) is 36.9 Å².